The van der Waals surface area contributed by atoms with E-state index in [9.17, 15) is 9.59 Å². The first kappa shape index (κ1) is 16.7. The van der Waals surface area contributed by atoms with Gasteiger partial charge in [0.1, 0.15) is 0 Å². The van der Waals surface area contributed by atoms with Crippen molar-refractivity contribution in [2.24, 2.45) is 5.92 Å². The molecule has 1 aliphatic heterocycles. The molecule has 0 spiro atoms. The van der Waals surface area contributed by atoms with Crippen LogP contribution in [0, 0.1) is 5.92 Å². The first-order valence-electron chi connectivity index (χ1n) is 7.86. The lowest BCUT2D eigenvalue weighted by molar-refractivity contribution is 0.0652. The fourth-order valence-corrected chi connectivity index (χ4v) is 3.07. The maximum atomic E-state index is 12.3. The maximum Gasteiger partial charge on any atom is 0.289 e. The summed E-state index contributed by atoms with van der Waals surface area (Å²) >= 11 is 3.21. The van der Waals surface area contributed by atoms with Crippen LogP contribution in [0.5, 0.6) is 0 Å². The number of carbonyl (C=O) groups is 2. The van der Waals surface area contributed by atoms with Crippen LogP contribution in [0.1, 0.15) is 33.8 Å². The van der Waals surface area contributed by atoms with Crippen LogP contribution in [-0.2, 0) is 0 Å². The number of piperidine rings is 1. The highest BCUT2D eigenvalue weighted by molar-refractivity contribution is 9.10. The first-order valence-corrected chi connectivity index (χ1v) is 8.65. The Kier molecular flexibility index (Phi) is 5.30. The summed E-state index contributed by atoms with van der Waals surface area (Å²) in [5.41, 5.74) is 0.563. The van der Waals surface area contributed by atoms with Gasteiger partial charge in [0.15, 0.2) is 10.4 Å². The molecule has 3 heterocycles. The SMILES string of the molecule is O=C(NCC1CCN(C(=O)c2ccc(Br)o2)CC1)c1cccnc1. The minimum Gasteiger partial charge on any atom is -0.444 e. The summed E-state index contributed by atoms with van der Waals surface area (Å²) in [5.74, 6) is 0.531. The number of furan rings is 1. The van der Waals surface area contributed by atoms with Crippen molar-refractivity contribution in [1.29, 1.82) is 0 Å². The molecule has 0 bridgehead atoms. The number of rotatable bonds is 4. The minimum absolute atomic E-state index is 0.0847. The van der Waals surface area contributed by atoms with E-state index in [1.165, 1.54) is 0 Å². The zero-order valence-corrected chi connectivity index (χ0v) is 14.7. The molecule has 6 nitrogen and oxygen atoms in total. The van der Waals surface area contributed by atoms with Crippen LogP contribution in [0.4, 0.5) is 0 Å². The second-order valence-corrected chi connectivity index (χ2v) is 6.57. The summed E-state index contributed by atoms with van der Waals surface area (Å²) in [5, 5.41) is 2.94. The third-order valence-electron chi connectivity index (χ3n) is 4.16. The predicted octanol–water partition coefficient (Wildman–Crippen LogP) is 2.72. The normalized spacial score (nSPS) is 15.3. The highest BCUT2D eigenvalue weighted by Crippen LogP contribution is 2.21. The molecule has 1 aliphatic rings. The molecule has 0 atom stereocenters. The van der Waals surface area contributed by atoms with Crippen molar-refractivity contribution in [2.45, 2.75) is 12.8 Å². The molecule has 2 aromatic heterocycles. The van der Waals surface area contributed by atoms with Crippen molar-refractivity contribution in [2.75, 3.05) is 19.6 Å². The molecule has 1 N–H and O–H groups in total. The average molecular weight is 392 g/mol. The molecule has 1 fully saturated rings. The molecule has 2 aromatic rings. The van der Waals surface area contributed by atoms with Crippen LogP contribution in [0.25, 0.3) is 0 Å². The van der Waals surface area contributed by atoms with Crippen molar-refractivity contribution in [3.05, 3.63) is 52.7 Å². The monoisotopic (exact) mass is 391 g/mol. The Balaban J connectivity index is 1.45. The molecule has 2 amide bonds. The molecule has 0 radical (unpaired) electrons. The molecule has 7 heteroatoms. The van der Waals surface area contributed by atoms with Gasteiger partial charge in [0.05, 0.1) is 5.56 Å². The number of hydrogen-bond donors (Lipinski definition) is 1. The number of nitrogens with zero attached hydrogens (tertiary/aromatic N) is 2. The van der Waals surface area contributed by atoms with Gasteiger partial charge in [-0.2, -0.15) is 0 Å². The third-order valence-corrected chi connectivity index (χ3v) is 4.59. The van der Waals surface area contributed by atoms with Crippen molar-refractivity contribution in [3.63, 3.8) is 0 Å². The van der Waals surface area contributed by atoms with Gasteiger partial charge >= 0.3 is 0 Å². The molecule has 24 heavy (non-hydrogen) atoms. The molecule has 0 saturated carbocycles. The number of halogens is 1. The van der Waals surface area contributed by atoms with Gasteiger partial charge in [-0.05, 0) is 59.0 Å². The Morgan fingerprint density at radius 3 is 2.71 bits per heavy atom. The summed E-state index contributed by atoms with van der Waals surface area (Å²) in [6, 6.07) is 6.87. The standard InChI is InChI=1S/C17H18BrN3O3/c18-15-4-3-14(24-15)17(23)21-8-5-12(6-9-21)10-20-16(22)13-2-1-7-19-11-13/h1-4,7,11-12H,5-6,8-10H2,(H,20,22). The lowest BCUT2D eigenvalue weighted by Gasteiger charge is -2.31. The summed E-state index contributed by atoms with van der Waals surface area (Å²) in [6.45, 7) is 1.96. The first-order chi connectivity index (χ1) is 11.6. The van der Waals surface area contributed by atoms with Gasteiger partial charge in [0.2, 0.25) is 0 Å². The van der Waals surface area contributed by atoms with E-state index >= 15 is 0 Å². The van der Waals surface area contributed by atoms with E-state index in [-0.39, 0.29) is 11.8 Å². The molecule has 0 aliphatic carbocycles. The molecular formula is C17H18BrN3O3. The molecule has 3 rings (SSSR count). The van der Waals surface area contributed by atoms with Gasteiger partial charge in [-0.3, -0.25) is 14.6 Å². The lowest BCUT2D eigenvalue weighted by atomic mass is 9.96. The zero-order chi connectivity index (χ0) is 16.9. The summed E-state index contributed by atoms with van der Waals surface area (Å²) in [7, 11) is 0. The van der Waals surface area contributed by atoms with E-state index in [0.29, 0.717) is 41.5 Å². The Hall–Kier alpha value is -2.15. The van der Waals surface area contributed by atoms with Gasteiger partial charge in [-0.25, -0.2) is 0 Å². The molecule has 0 aromatic carbocycles. The fraction of sp³-hybridized carbons (Fsp3) is 0.353. The summed E-state index contributed by atoms with van der Waals surface area (Å²) < 4.78 is 5.87. The van der Waals surface area contributed by atoms with E-state index in [1.807, 2.05) is 0 Å². The zero-order valence-electron chi connectivity index (χ0n) is 13.1. The smallest absolute Gasteiger partial charge is 0.289 e. The van der Waals surface area contributed by atoms with Crippen LogP contribution < -0.4 is 5.32 Å². The Morgan fingerprint density at radius 1 is 1.29 bits per heavy atom. The molecular weight excluding hydrogens is 374 g/mol. The number of amides is 2. The average Bonchev–Trinajstić information content (AvgIpc) is 3.06. The van der Waals surface area contributed by atoms with E-state index in [1.54, 1.807) is 41.6 Å². The number of pyridine rings is 1. The van der Waals surface area contributed by atoms with Crippen LogP contribution in [-0.4, -0.2) is 41.3 Å². The van der Waals surface area contributed by atoms with Crippen LogP contribution >= 0.6 is 15.9 Å². The number of likely N-dealkylation sites (tertiary alicyclic amines) is 1. The lowest BCUT2D eigenvalue weighted by Crippen LogP contribution is -2.41. The second-order valence-electron chi connectivity index (χ2n) is 5.79. The summed E-state index contributed by atoms with van der Waals surface area (Å²) in [4.78, 5) is 30.1. The number of aromatic nitrogens is 1. The number of nitrogens with one attached hydrogen (secondary N) is 1. The van der Waals surface area contributed by atoms with Gasteiger partial charge in [0.25, 0.3) is 11.8 Å². The largest absolute Gasteiger partial charge is 0.444 e. The maximum absolute atomic E-state index is 12.3. The Morgan fingerprint density at radius 2 is 2.08 bits per heavy atom. The summed E-state index contributed by atoms with van der Waals surface area (Å²) in [6.07, 6.45) is 4.92. The van der Waals surface area contributed by atoms with Crippen molar-refractivity contribution in [3.8, 4) is 0 Å². The fourth-order valence-electron chi connectivity index (χ4n) is 2.76. The number of hydrogen-bond acceptors (Lipinski definition) is 4. The Labute approximate surface area is 148 Å². The van der Waals surface area contributed by atoms with Crippen LogP contribution in [0.15, 0.2) is 45.7 Å². The van der Waals surface area contributed by atoms with Gasteiger partial charge in [-0.15, -0.1) is 0 Å². The van der Waals surface area contributed by atoms with Crippen molar-refractivity contribution in [1.82, 2.24) is 15.2 Å². The highest BCUT2D eigenvalue weighted by Gasteiger charge is 2.25. The third kappa shape index (κ3) is 4.03. The molecule has 0 unspecified atom stereocenters. The highest BCUT2D eigenvalue weighted by atomic mass is 79.9. The minimum atomic E-state index is -0.109. The van der Waals surface area contributed by atoms with Crippen molar-refractivity contribution >= 4 is 27.7 Å². The number of carbonyl (C=O) groups excluding carboxylic acids is 2. The van der Waals surface area contributed by atoms with Crippen LogP contribution in [0.3, 0.4) is 0 Å². The van der Waals surface area contributed by atoms with Crippen molar-refractivity contribution < 1.29 is 14.0 Å². The van der Waals surface area contributed by atoms with E-state index in [0.717, 1.165) is 12.8 Å². The van der Waals surface area contributed by atoms with E-state index in [4.69, 9.17) is 4.42 Å². The molecule has 1 saturated heterocycles. The van der Waals surface area contributed by atoms with Crippen LogP contribution in [0.2, 0.25) is 0 Å². The van der Waals surface area contributed by atoms with Gasteiger partial charge in [-0.1, -0.05) is 0 Å². The predicted molar refractivity (Wildman–Crippen MR) is 91.6 cm³/mol. The quantitative estimate of drug-likeness (QED) is 0.868. The van der Waals surface area contributed by atoms with E-state index in [2.05, 4.69) is 26.2 Å². The Bertz CT molecular complexity index is 709. The van der Waals surface area contributed by atoms with Gasteiger partial charge in [0, 0.05) is 32.0 Å². The van der Waals surface area contributed by atoms with Gasteiger partial charge < -0.3 is 14.6 Å². The van der Waals surface area contributed by atoms with E-state index < -0.39 is 0 Å². The second kappa shape index (κ2) is 7.61. The topological polar surface area (TPSA) is 75.4 Å². The molecule has 126 valence electrons.